The molecule has 0 amide bonds. The van der Waals surface area contributed by atoms with Gasteiger partial charge in [0.2, 0.25) is 0 Å². The van der Waals surface area contributed by atoms with Gasteiger partial charge in [-0.05, 0) is 12.1 Å². The first-order valence-electron chi connectivity index (χ1n) is 8.92. The minimum Gasteiger partial charge on any atom is -0.381 e. The van der Waals surface area contributed by atoms with E-state index in [1.54, 1.807) is 6.20 Å². The molecule has 2 fully saturated rings. The third-order valence-corrected chi connectivity index (χ3v) is 4.93. The second-order valence-electron chi connectivity index (χ2n) is 7.08. The van der Waals surface area contributed by atoms with Crippen LogP contribution in [0.5, 0.6) is 0 Å². The van der Waals surface area contributed by atoms with Crippen LogP contribution in [0.2, 0.25) is 0 Å². The van der Waals surface area contributed by atoms with E-state index in [0.29, 0.717) is 12.5 Å². The summed E-state index contributed by atoms with van der Waals surface area (Å²) in [4.78, 5) is 11.3. The zero-order valence-corrected chi connectivity index (χ0v) is 14.8. The van der Waals surface area contributed by atoms with Crippen molar-refractivity contribution in [1.29, 1.82) is 0 Å². The molecular formula is C18H24N4O3. The molecule has 0 bridgehead atoms. The fourth-order valence-corrected chi connectivity index (χ4v) is 3.40. The van der Waals surface area contributed by atoms with Gasteiger partial charge in [0.15, 0.2) is 5.82 Å². The zero-order chi connectivity index (χ0) is 17.3. The normalized spacial score (nSPS) is 20.4. The van der Waals surface area contributed by atoms with Crippen LogP contribution in [0.15, 0.2) is 22.9 Å². The van der Waals surface area contributed by atoms with Crippen LogP contribution in [0.1, 0.15) is 38.4 Å². The molecule has 134 valence electrons. The molecule has 2 aliphatic heterocycles. The number of anilines is 1. The van der Waals surface area contributed by atoms with Gasteiger partial charge in [-0.25, -0.2) is 4.98 Å². The van der Waals surface area contributed by atoms with E-state index in [4.69, 9.17) is 14.0 Å². The Balaban J connectivity index is 1.56. The average Bonchev–Trinajstić information content (AvgIpc) is 3.13. The van der Waals surface area contributed by atoms with Crippen LogP contribution in [0, 0.1) is 0 Å². The van der Waals surface area contributed by atoms with Gasteiger partial charge in [-0.15, -0.1) is 0 Å². The van der Waals surface area contributed by atoms with E-state index in [-0.39, 0.29) is 11.5 Å². The van der Waals surface area contributed by atoms with Crippen molar-refractivity contribution >= 4 is 5.82 Å². The van der Waals surface area contributed by atoms with Crippen LogP contribution >= 0.6 is 0 Å². The van der Waals surface area contributed by atoms with Gasteiger partial charge in [-0.1, -0.05) is 19.0 Å². The highest BCUT2D eigenvalue weighted by Crippen LogP contribution is 2.32. The molecule has 1 spiro atoms. The molecular weight excluding hydrogens is 320 g/mol. The van der Waals surface area contributed by atoms with E-state index >= 15 is 0 Å². The molecule has 25 heavy (non-hydrogen) atoms. The quantitative estimate of drug-likeness (QED) is 0.847. The van der Waals surface area contributed by atoms with Crippen molar-refractivity contribution in [1.82, 2.24) is 15.1 Å². The van der Waals surface area contributed by atoms with Gasteiger partial charge in [-0.2, -0.15) is 4.98 Å². The van der Waals surface area contributed by atoms with Crippen LogP contribution in [0.4, 0.5) is 5.82 Å². The SMILES string of the molecule is CC(C)c1noc(-c2ccnc(N3CCOC4(CCOCC4)C3)c2)n1. The van der Waals surface area contributed by atoms with Gasteiger partial charge in [0.05, 0.1) is 12.2 Å². The summed E-state index contributed by atoms with van der Waals surface area (Å²) in [7, 11) is 0. The average molecular weight is 344 g/mol. The number of morpholine rings is 1. The number of rotatable bonds is 3. The second-order valence-corrected chi connectivity index (χ2v) is 7.08. The smallest absolute Gasteiger partial charge is 0.258 e. The molecule has 7 heteroatoms. The molecule has 0 N–H and O–H groups in total. The Kier molecular flexibility index (Phi) is 4.43. The molecule has 0 unspecified atom stereocenters. The Labute approximate surface area is 147 Å². The molecule has 0 radical (unpaired) electrons. The van der Waals surface area contributed by atoms with Crippen molar-refractivity contribution < 1.29 is 14.0 Å². The molecule has 2 saturated heterocycles. The topological polar surface area (TPSA) is 73.5 Å². The van der Waals surface area contributed by atoms with E-state index in [1.807, 2.05) is 26.0 Å². The van der Waals surface area contributed by atoms with E-state index in [2.05, 4.69) is 20.0 Å². The van der Waals surface area contributed by atoms with Gasteiger partial charge in [-0.3, -0.25) is 0 Å². The highest BCUT2D eigenvalue weighted by molar-refractivity contribution is 5.59. The predicted molar refractivity (Wildman–Crippen MR) is 92.6 cm³/mol. The van der Waals surface area contributed by atoms with Crippen molar-refractivity contribution in [3.63, 3.8) is 0 Å². The molecule has 4 rings (SSSR count). The lowest BCUT2D eigenvalue weighted by Crippen LogP contribution is -2.54. The second kappa shape index (κ2) is 6.72. The highest BCUT2D eigenvalue weighted by Gasteiger charge is 2.38. The number of pyridine rings is 1. The van der Waals surface area contributed by atoms with Crippen LogP contribution in [0.3, 0.4) is 0 Å². The predicted octanol–water partition coefficient (Wildman–Crippen LogP) is 2.64. The number of aromatic nitrogens is 3. The summed E-state index contributed by atoms with van der Waals surface area (Å²) in [5, 5.41) is 4.05. The van der Waals surface area contributed by atoms with Crippen LogP contribution in [-0.2, 0) is 9.47 Å². The first-order valence-corrected chi connectivity index (χ1v) is 8.92. The Morgan fingerprint density at radius 3 is 2.80 bits per heavy atom. The maximum absolute atomic E-state index is 6.11. The van der Waals surface area contributed by atoms with Crippen molar-refractivity contribution in [3.8, 4) is 11.5 Å². The molecule has 2 aromatic rings. The van der Waals surface area contributed by atoms with Crippen LogP contribution in [-0.4, -0.2) is 53.6 Å². The summed E-state index contributed by atoms with van der Waals surface area (Å²) in [5.41, 5.74) is 0.792. The monoisotopic (exact) mass is 344 g/mol. The Hall–Kier alpha value is -1.99. The molecule has 4 heterocycles. The molecule has 2 aliphatic rings. The third-order valence-electron chi connectivity index (χ3n) is 4.93. The van der Waals surface area contributed by atoms with Crippen molar-refractivity contribution in [2.45, 2.75) is 38.2 Å². The summed E-state index contributed by atoms with van der Waals surface area (Å²) in [6.45, 7) is 8.02. The van der Waals surface area contributed by atoms with E-state index in [0.717, 1.165) is 56.4 Å². The lowest BCUT2D eigenvalue weighted by molar-refractivity contribution is -0.116. The molecule has 0 saturated carbocycles. The van der Waals surface area contributed by atoms with Gasteiger partial charge >= 0.3 is 0 Å². The summed E-state index contributed by atoms with van der Waals surface area (Å²) in [6.07, 6.45) is 3.67. The van der Waals surface area contributed by atoms with E-state index in [9.17, 15) is 0 Å². The summed E-state index contributed by atoms with van der Waals surface area (Å²) in [6, 6.07) is 3.93. The van der Waals surface area contributed by atoms with Crippen molar-refractivity contribution in [2.24, 2.45) is 0 Å². The largest absolute Gasteiger partial charge is 0.381 e. The molecule has 7 nitrogen and oxygen atoms in total. The highest BCUT2D eigenvalue weighted by atomic mass is 16.5. The lowest BCUT2D eigenvalue weighted by atomic mass is 9.92. The Morgan fingerprint density at radius 2 is 2.04 bits per heavy atom. The van der Waals surface area contributed by atoms with Gasteiger partial charge < -0.3 is 18.9 Å². The maximum Gasteiger partial charge on any atom is 0.258 e. The number of nitrogens with zero attached hydrogens (tertiary/aromatic N) is 4. The number of hydrogen-bond acceptors (Lipinski definition) is 7. The zero-order valence-electron chi connectivity index (χ0n) is 14.8. The Morgan fingerprint density at radius 1 is 1.20 bits per heavy atom. The minimum atomic E-state index is -0.108. The fraction of sp³-hybridized carbons (Fsp3) is 0.611. The summed E-state index contributed by atoms with van der Waals surface area (Å²) < 4.78 is 17.0. The fourth-order valence-electron chi connectivity index (χ4n) is 3.40. The number of ether oxygens (including phenoxy) is 2. The minimum absolute atomic E-state index is 0.108. The van der Waals surface area contributed by atoms with Crippen LogP contribution < -0.4 is 4.90 Å². The number of hydrogen-bond donors (Lipinski definition) is 0. The molecule has 2 aromatic heterocycles. The first kappa shape index (κ1) is 16.5. The lowest BCUT2D eigenvalue weighted by Gasteiger charge is -2.45. The Bertz CT molecular complexity index is 719. The van der Waals surface area contributed by atoms with Crippen molar-refractivity contribution in [3.05, 3.63) is 24.2 Å². The molecule has 0 aromatic carbocycles. The van der Waals surface area contributed by atoms with Crippen LogP contribution in [0.25, 0.3) is 11.5 Å². The van der Waals surface area contributed by atoms with Gasteiger partial charge in [0.25, 0.3) is 5.89 Å². The first-order chi connectivity index (χ1) is 12.2. The summed E-state index contributed by atoms with van der Waals surface area (Å²) in [5.74, 6) is 2.43. The summed E-state index contributed by atoms with van der Waals surface area (Å²) >= 11 is 0. The third kappa shape index (κ3) is 3.39. The van der Waals surface area contributed by atoms with E-state index in [1.165, 1.54) is 0 Å². The van der Waals surface area contributed by atoms with Crippen molar-refractivity contribution in [2.75, 3.05) is 37.8 Å². The van der Waals surface area contributed by atoms with Gasteiger partial charge in [0.1, 0.15) is 5.82 Å². The maximum atomic E-state index is 6.11. The molecule has 0 atom stereocenters. The standard InChI is InChI=1S/C18H24N4O3/c1-13(2)16-20-17(25-21-16)14-3-6-19-15(11-14)22-7-10-24-18(12-22)4-8-23-9-5-18/h3,6,11,13H,4-5,7-10,12H2,1-2H3. The molecule has 0 aliphatic carbocycles. The van der Waals surface area contributed by atoms with Gasteiger partial charge in [0, 0.05) is 56.8 Å². The van der Waals surface area contributed by atoms with E-state index < -0.39 is 0 Å².